The molecule has 0 saturated carbocycles. The number of hydrogen-bond donors (Lipinski definition) is 1. The molecule has 20 heavy (non-hydrogen) atoms. The molecule has 0 saturated heterocycles. The number of H-pyrrole nitrogens is 1. The van der Waals surface area contributed by atoms with Crippen LogP contribution in [0, 0.1) is 4.77 Å². The highest BCUT2D eigenvalue weighted by Gasteiger charge is 2.29. The molecule has 5 heteroatoms. The van der Waals surface area contributed by atoms with Crippen molar-refractivity contribution in [1.82, 2.24) is 14.8 Å². The first kappa shape index (κ1) is 13.4. The number of nitrogens with zero attached hydrogens (tertiary/aromatic N) is 2. The lowest BCUT2D eigenvalue weighted by atomic mass is 9.95. The van der Waals surface area contributed by atoms with Gasteiger partial charge in [-0.15, -0.1) is 0 Å². The van der Waals surface area contributed by atoms with Crippen LogP contribution < -0.4 is 4.74 Å². The SMILES string of the molecule is CC(C)(C)n1c(C2COc3ccccc3C2)n[nH]c1=S. The van der Waals surface area contributed by atoms with Gasteiger partial charge < -0.3 is 4.74 Å². The van der Waals surface area contributed by atoms with Crippen LogP contribution in [-0.4, -0.2) is 21.4 Å². The molecule has 1 N–H and O–H groups in total. The lowest BCUT2D eigenvalue weighted by Gasteiger charge is -2.29. The Morgan fingerprint density at radius 2 is 2.10 bits per heavy atom. The van der Waals surface area contributed by atoms with E-state index in [0.29, 0.717) is 11.4 Å². The van der Waals surface area contributed by atoms with Crippen LogP contribution in [0.4, 0.5) is 0 Å². The summed E-state index contributed by atoms with van der Waals surface area (Å²) in [4.78, 5) is 0. The second-order valence-corrected chi connectivity index (χ2v) is 6.60. The molecular weight excluding hydrogens is 270 g/mol. The zero-order valence-corrected chi connectivity index (χ0v) is 12.8. The van der Waals surface area contributed by atoms with E-state index in [1.165, 1.54) is 5.56 Å². The van der Waals surface area contributed by atoms with Gasteiger partial charge in [-0.3, -0.25) is 9.67 Å². The zero-order chi connectivity index (χ0) is 14.3. The van der Waals surface area contributed by atoms with Crippen molar-refractivity contribution in [2.75, 3.05) is 6.61 Å². The molecule has 1 aromatic heterocycles. The molecule has 0 aliphatic carbocycles. The predicted molar refractivity (Wildman–Crippen MR) is 80.8 cm³/mol. The van der Waals surface area contributed by atoms with Crippen molar-refractivity contribution in [1.29, 1.82) is 0 Å². The van der Waals surface area contributed by atoms with Crippen molar-refractivity contribution in [3.63, 3.8) is 0 Å². The van der Waals surface area contributed by atoms with Crippen LogP contribution >= 0.6 is 12.2 Å². The van der Waals surface area contributed by atoms with Gasteiger partial charge in [0.1, 0.15) is 11.6 Å². The first-order chi connectivity index (χ1) is 9.47. The summed E-state index contributed by atoms with van der Waals surface area (Å²) in [7, 11) is 0. The molecule has 0 spiro atoms. The molecule has 1 unspecified atom stereocenters. The van der Waals surface area contributed by atoms with Gasteiger partial charge in [0.15, 0.2) is 4.77 Å². The number of para-hydroxylation sites is 1. The van der Waals surface area contributed by atoms with Gasteiger partial charge in [-0.05, 0) is 51.0 Å². The summed E-state index contributed by atoms with van der Waals surface area (Å²) in [6, 6.07) is 8.19. The van der Waals surface area contributed by atoms with Gasteiger partial charge >= 0.3 is 0 Å². The molecule has 2 heterocycles. The number of hydrogen-bond acceptors (Lipinski definition) is 3. The van der Waals surface area contributed by atoms with E-state index in [1.807, 2.05) is 18.2 Å². The van der Waals surface area contributed by atoms with Gasteiger partial charge in [-0.1, -0.05) is 18.2 Å². The third kappa shape index (κ3) is 2.26. The van der Waals surface area contributed by atoms with Crippen molar-refractivity contribution in [3.05, 3.63) is 40.4 Å². The number of ether oxygens (including phenoxy) is 1. The fourth-order valence-corrected chi connectivity index (χ4v) is 3.14. The van der Waals surface area contributed by atoms with Crippen LogP contribution in [0.5, 0.6) is 5.75 Å². The van der Waals surface area contributed by atoms with Gasteiger partial charge in [0.05, 0.1) is 12.5 Å². The number of aromatic amines is 1. The normalized spacial score (nSPS) is 18.4. The molecule has 0 radical (unpaired) electrons. The summed E-state index contributed by atoms with van der Waals surface area (Å²) in [6.07, 6.45) is 0.936. The number of aromatic nitrogens is 3. The molecule has 4 nitrogen and oxygen atoms in total. The quantitative estimate of drug-likeness (QED) is 0.818. The second-order valence-electron chi connectivity index (χ2n) is 6.21. The van der Waals surface area contributed by atoms with Gasteiger partial charge in [-0.2, -0.15) is 5.10 Å². The molecule has 3 rings (SSSR count). The minimum absolute atomic E-state index is 0.0869. The van der Waals surface area contributed by atoms with E-state index in [0.717, 1.165) is 18.0 Å². The van der Waals surface area contributed by atoms with E-state index in [4.69, 9.17) is 17.0 Å². The Morgan fingerprint density at radius 1 is 1.35 bits per heavy atom. The average Bonchev–Trinajstić information content (AvgIpc) is 2.80. The highest BCUT2D eigenvalue weighted by atomic mass is 32.1. The predicted octanol–water partition coefficient (Wildman–Crippen LogP) is 3.41. The van der Waals surface area contributed by atoms with Crippen LogP contribution in [0.1, 0.15) is 38.1 Å². The average molecular weight is 289 g/mol. The van der Waals surface area contributed by atoms with Crippen LogP contribution in [0.3, 0.4) is 0 Å². The zero-order valence-electron chi connectivity index (χ0n) is 12.0. The monoisotopic (exact) mass is 289 g/mol. The van der Waals surface area contributed by atoms with Crippen molar-refractivity contribution >= 4 is 12.2 Å². The Morgan fingerprint density at radius 3 is 2.85 bits per heavy atom. The lowest BCUT2D eigenvalue weighted by molar-refractivity contribution is 0.246. The first-order valence-corrected chi connectivity index (χ1v) is 7.26. The number of nitrogens with one attached hydrogen (secondary N) is 1. The number of benzene rings is 1. The molecule has 0 bridgehead atoms. The maximum Gasteiger partial charge on any atom is 0.195 e. The van der Waals surface area contributed by atoms with E-state index >= 15 is 0 Å². The molecule has 1 aliphatic heterocycles. The fourth-order valence-electron chi connectivity index (χ4n) is 2.73. The van der Waals surface area contributed by atoms with Crippen LogP contribution in [0.25, 0.3) is 0 Å². The molecular formula is C15H19N3OS. The van der Waals surface area contributed by atoms with Gasteiger partial charge in [-0.25, -0.2) is 0 Å². The van der Waals surface area contributed by atoms with Crippen molar-refractivity contribution in [2.24, 2.45) is 0 Å². The highest BCUT2D eigenvalue weighted by Crippen LogP contribution is 2.32. The van der Waals surface area contributed by atoms with Crippen molar-refractivity contribution < 1.29 is 4.74 Å². The van der Waals surface area contributed by atoms with Crippen LogP contribution in [0.2, 0.25) is 0 Å². The maximum absolute atomic E-state index is 5.87. The van der Waals surface area contributed by atoms with E-state index in [1.54, 1.807) is 0 Å². The standard InChI is InChI=1S/C15H19N3OS/c1-15(2,3)18-13(16-17-14(18)20)11-8-10-6-4-5-7-12(10)19-9-11/h4-7,11H,8-9H2,1-3H3,(H,17,20). The Balaban J connectivity index is 1.99. The Labute approximate surface area is 123 Å². The van der Waals surface area contributed by atoms with Crippen LogP contribution in [-0.2, 0) is 12.0 Å². The van der Waals surface area contributed by atoms with E-state index in [-0.39, 0.29) is 11.5 Å². The minimum Gasteiger partial charge on any atom is -0.493 e. The maximum atomic E-state index is 5.87. The summed E-state index contributed by atoms with van der Waals surface area (Å²) in [6.45, 7) is 7.06. The van der Waals surface area contributed by atoms with E-state index in [2.05, 4.69) is 41.6 Å². The van der Waals surface area contributed by atoms with Crippen LogP contribution in [0.15, 0.2) is 24.3 Å². The molecule has 0 amide bonds. The summed E-state index contributed by atoms with van der Waals surface area (Å²) in [5.41, 5.74) is 1.15. The van der Waals surface area contributed by atoms with E-state index < -0.39 is 0 Å². The van der Waals surface area contributed by atoms with Crippen molar-refractivity contribution in [3.8, 4) is 5.75 Å². The fraction of sp³-hybridized carbons (Fsp3) is 0.467. The Kier molecular flexibility index (Phi) is 3.17. The topological polar surface area (TPSA) is 42.8 Å². The molecule has 106 valence electrons. The molecule has 1 aromatic carbocycles. The highest BCUT2D eigenvalue weighted by molar-refractivity contribution is 7.71. The van der Waals surface area contributed by atoms with E-state index in [9.17, 15) is 0 Å². The second kappa shape index (κ2) is 4.74. The summed E-state index contributed by atoms with van der Waals surface area (Å²) >= 11 is 5.37. The Hall–Kier alpha value is -1.62. The Bertz CT molecular complexity index is 681. The molecule has 1 atom stereocenters. The minimum atomic E-state index is -0.0869. The first-order valence-electron chi connectivity index (χ1n) is 6.85. The third-order valence-corrected chi connectivity index (χ3v) is 3.89. The summed E-state index contributed by atoms with van der Waals surface area (Å²) in [5.74, 6) is 2.20. The lowest BCUT2D eigenvalue weighted by Crippen LogP contribution is -2.29. The number of rotatable bonds is 1. The smallest absolute Gasteiger partial charge is 0.195 e. The van der Waals surface area contributed by atoms with Gasteiger partial charge in [0.25, 0.3) is 0 Å². The van der Waals surface area contributed by atoms with Gasteiger partial charge in [0.2, 0.25) is 0 Å². The number of fused-ring (bicyclic) bond motifs is 1. The summed E-state index contributed by atoms with van der Waals surface area (Å²) in [5, 5.41) is 7.37. The summed E-state index contributed by atoms with van der Waals surface area (Å²) < 4.78 is 8.64. The third-order valence-electron chi connectivity index (χ3n) is 3.61. The van der Waals surface area contributed by atoms with Crippen molar-refractivity contribution in [2.45, 2.75) is 38.6 Å². The largest absolute Gasteiger partial charge is 0.493 e. The van der Waals surface area contributed by atoms with Gasteiger partial charge in [0, 0.05) is 5.54 Å². The molecule has 1 aliphatic rings. The molecule has 2 aromatic rings. The molecule has 0 fully saturated rings.